The van der Waals surface area contributed by atoms with Crippen molar-refractivity contribution in [3.8, 4) is 0 Å². The Morgan fingerprint density at radius 2 is 1.92 bits per heavy atom. The summed E-state index contributed by atoms with van der Waals surface area (Å²) in [6.07, 6.45) is 5.68. The zero-order chi connectivity index (χ0) is 25.1. The molecule has 3 aromatic rings. The SMILES string of the molecule is CCSc1nc(N2CCCCC2)c2cnn(CCNC(=O)C3CC(=O)N(c4ccc(C)cc4)C3)c2n1. The van der Waals surface area contributed by atoms with Crippen LogP contribution in [0.3, 0.4) is 0 Å². The van der Waals surface area contributed by atoms with Gasteiger partial charge in [-0.05, 0) is 44.1 Å². The number of aromatic nitrogens is 4. The molecule has 0 spiro atoms. The fraction of sp³-hybridized carbons (Fsp3) is 0.500. The number of nitrogens with one attached hydrogen (secondary N) is 1. The maximum absolute atomic E-state index is 12.9. The molecule has 0 radical (unpaired) electrons. The molecule has 0 aliphatic carbocycles. The van der Waals surface area contributed by atoms with Crippen LogP contribution in [0.25, 0.3) is 11.0 Å². The van der Waals surface area contributed by atoms with Crippen LogP contribution >= 0.6 is 11.8 Å². The maximum Gasteiger partial charge on any atom is 0.227 e. The number of piperidine rings is 1. The average molecular weight is 508 g/mol. The molecule has 4 heterocycles. The molecule has 0 saturated carbocycles. The molecule has 1 atom stereocenters. The number of nitrogens with zero attached hydrogens (tertiary/aromatic N) is 6. The van der Waals surface area contributed by atoms with Gasteiger partial charge in [-0.1, -0.05) is 36.4 Å². The van der Waals surface area contributed by atoms with Crippen molar-refractivity contribution in [1.82, 2.24) is 25.1 Å². The Morgan fingerprint density at radius 3 is 2.67 bits per heavy atom. The summed E-state index contributed by atoms with van der Waals surface area (Å²) < 4.78 is 1.85. The normalized spacial score (nSPS) is 18.3. The van der Waals surface area contributed by atoms with Gasteiger partial charge in [0.15, 0.2) is 10.8 Å². The van der Waals surface area contributed by atoms with Gasteiger partial charge in [-0.2, -0.15) is 5.10 Å². The number of carbonyl (C=O) groups excluding carboxylic acids is 2. The van der Waals surface area contributed by atoms with Crippen LogP contribution in [0.4, 0.5) is 11.5 Å². The van der Waals surface area contributed by atoms with Crippen LogP contribution in [0.1, 0.15) is 38.2 Å². The van der Waals surface area contributed by atoms with Gasteiger partial charge < -0.3 is 15.1 Å². The number of aryl methyl sites for hydroxylation is 1. The lowest BCUT2D eigenvalue weighted by Gasteiger charge is -2.28. The fourth-order valence-electron chi connectivity index (χ4n) is 4.91. The number of fused-ring (bicyclic) bond motifs is 1. The summed E-state index contributed by atoms with van der Waals surface area (Å²) in [7, 11) is 0. The van der Waals surface area contributed by atoms with E-state index in [1.54, 1.807) is 16.7 Å². The van der Waals surface area contributed by atoms with Gasteiger partial charge in [0.05, 0.1) is 24.0 Å². The number of hydrogen-bond donors (Lipinski definition) is 1. The zero-order valence-corrected chi connectivity index (χ0v) is 21.8. The van der Waals surface area contributed by atoms with Crippen LogP contribution in [0.2, 0.25) is 0 Å². The molecule has 1 N–H and O–H groups in total. The Balaban J connectivity index is 1.24. The van der Waals surface area contributed by atoms with Crippen molar-refractivity contribution in [3.63, 3.8) is 0 Å². The molecule has 0 bridgehead atoms. The van der Waals surface area contributed by atoms with E-state index in [2.05, 4.69) is 22.2 Å². The predicted molar refractivity (Wildman–Crippen MR) is 142 cm³/mol. The summed E-state index contributed by atoms with van der Waals surface area (Å²) >= 11 is 1.63. The van der Waals surface area contributed by atoms with E-state index in [1.807, 2.05) is 42.1 Å². The summed E-state index contributed by atoms with van der Waals surface area (Å²) in [6, 6.07) is 7.83. The Labute approximate surface area is 215 Å². The second-order valence-corrected chi connectivity index (χ2v) is 10.7. The van der Waals surface area contributed by atoms with Crippen LogP contribution < -0.4 is 15.1 Å². The third kappa shape index (κ3) is 5.18. The lowest BCUT2D eigenvalue weighted by atomic mass is 10.1. The molecule has 5 rings (SSSR count). The maximum atomic E-state index is 12.9. The molecule has 9 nitrogen and oxygen atoms in total. The summed E-state index contributed by atoms with van der Waals surface area (Å²) in [5.74, 6) is 1.40. The topological polar surface area (TPSA) is 96.2 Å². The lowest BCUT2D eigenvalue weighted by Crippen LogP contribution is -2.35. The van der Waals surface area contributed by atoms with Gasteiger partial charge >= 0.3 is 0 Å². The Morgan fingerprint density at radius 1 is 1.14 bits per heavy atom. The summed E-state index contributed by atoms with van der Waals surface area (Å²) in [5, 5.41) is 9.31. The quantitative estimate of drug-likeness (QED) is 0.369. The predicted octanol–water partition coefficient (Wildman–Crippen LogP) is 3.41. The Kier molecular flexibility index (Phi) is 7.41. The third-order valence-electron chi connectivity index (χ3n) is 6.85. The number of hydrogen-bond acceptors (Lipinski definition) is 7. The Bertz CT molecular complexity index is 1240. The first-order valence-electron chi connectivity index (χ1n) is 12.8. The van der Waals surface area contributed by atoms with E-state index in [0.29, 0.717) is 19.6 Å². The van der Waals surface area contributed by atoms with E-state index in [0.717, 1.165) is 52.1 Å². The first kappa shape index (κ1) is 24.5. The molecule has 2 aliphatic heterocycles. The monoisotopic (exact) mass is 507 g/mol. The first-order chi connectivity index (χ1) is 17.5. The van der Waals surface area contributed by atoms with E-state index in [9.17, 15) is 9.59 Å². The molecule has 190 valence electrons. The van der Waals surface area contributed by atoms with Crippen molar-refractivity contribution >= 4 is 46.1 Å². The summed E-state index contributed by atoms with van der Waals surface area (Å²) in [4.78, 5) is 39.1. The highest BCUT2D eigenvalue weighted by Gasteiger charge is 2.35. The lowest BCUT2D eigenvalue weighted by molar-refractivity contribution is -0.126. The second-order valence-electron chi connectivity index (χ2n) is 9.45. The minimum atomic E-state index is -0.353. The third-order valence-corrected chi connectivity index (χ3v) is 7.58. The highest BCUT2D eigenvalue weighted by molar-refractivity contribution is 7.99. The zero-order valence-electron chi connectivity index (χ0n) is 20.9. The van der Waals surface area contributed by atoms with E-state index in [-0.39, 0.29) is 24.2 Å². The Hall–Kier alpha value is -3.14. The van der Waals surface area contributed by atoms with Crippen molar-refractivity contribution in [2.45, 2.75) is 51.2 Å². The molecular weight excluding hydrogens is 474 g/mol. The van der Waals surface area contributed by atoms with Gasteiger partial charge in [0.1, 0.15) is 5.82 Å². The molecule has 1 unspecified atom stereocenters. The molecule has 2 amide bonds. The number of thioether (sulfide) groups is 1. The number of rotatable bonds is 8. The minimum Gasteiger partial charge on any atom is -0.356 e. The molecule has 2 aliphatic rings. The van der Waals surface area contributed by atoms with Gasteiger partial charge in [0.25, 0.3) is 0 Å². The first-order valence-corrected chi connectivity index (χ1v) is 13.8. The van der Waals surface area contributed by atoms with Crippen molar-refractivity contribution in [1.29, 1.82) is 0 Å². The minimum absolute atomic E-state index is 0.0139. The molecule has 1 aromatic carbocycles. The van der Waals surface area contributed by atoms with Crippen LogP contribution in [0, 0.1) is 12.8 Å². The van der Waals surface area contributed by atoms with Crippen LogP contribution in [0.15, 0.2) is 35.6 Å². The van der Waals surface area contributed by atoms with Crippen LogP contribution in [-0.4, -0.2) is 63.5 Å². The van der Waals surface area contributed by atoms with Crippen molar-refractivity contribution in [2.24, 2.45) is 5.92 Å². The summed E-state index contributed by atoms with van der Waals surface area (Å²) in [6.45, 7) is 7.45. The molecule has 2 fully saturated rings. The number of amides is 2. The van der Waals surface area contributed by atoms with Gasteiger partial charge in [-0.3, -0.25) is 9.59 Å². The standard InChI is InChI=1S/C26H33N7O2S/c1-3-36-26-29-23(31-12-5-4-6-13-31)21-16-28-33(24(21)30-26)14-11-27-25(35)19-15-22(34)32(17-19)20-9-7-18(2)8-10-20/h7-10,16,19H,3-6,11-15,17H2,1-2H3,(H,27,35). The van der Waals surface area contributed by atoms with Crippen LogP contribution in [0.5, 0.6) is 0 Å². The second kappa shape index (κ2) is 10.9. The van der Waals surface area contributed by atoms with Gasteiger partial charge in [0.2, 0.25) is 11.8 Å². The highest BCUT2D eigenvalue weighted by atomic mass is 32.2. The number of carbonyl (C=O) groups is 2. The van der Waals surface area contributed by atoms with Crippen LogP contribution in [-0.2, 0) is 16.1 Å². The van der Waals surface area contributed by atoms with Gasteiger partial charge in [0, 0.05) is 38.3 Å². The van der Waals surface area contributed by atoms with Crippen molar-refractivity contribution in [2.75, 3.05) is 41.7 Å². The molecule has 2 saturated heterocycles. The summed E-state index contributed by atoms with van der Waals surface area (Å²) in [5.41, 5.74) is 2.78. The average Bonchev–Trinajstić information content (AvgIpc) is 3.48. The number of benzene rings is 1. The van der Waals surface area contributed by atoms with E-state index >= 15 is 0 Å². The molecule has 2 aromatic heterocycles. The molecular formula is C26H33N7O2S. The van der Waals surface area contributed by atoms with E-state index in [1.165, 1.54) is 19.3 Å². The molecule has 10 heteroatoms. The highest BCUT2D eigenvalue weighted by Crippen LogP contribution is 2.29. The van der Waals surface area contributed by atoms with Gasteiger partial charge in [-0.15, -0.1) is 0 Å². The molecule has 36 heavy (non-hydrogen) atoms. The van der Waals surface area contributed by atoms with E-state index < -0.39 is 0 Å². The van der Waals surface area contributed by atoms with Crippen molar-refractivity contribution < 1.29 is 9.59 Å². The van der Waals surface area contributed by atoms with Gasteiger partial charge in [-0.25, -0.2) is 14.6 Å². The van der Waals surface area contributed by atoms with E-state index in [4.69, 9.17) is 9.97 Å². The smallest absolute Gasteiger partial charge is 0.227 e. The largest absolute Gasteiger partial charge is 0.356 e. The number of anilines is 2. The fourth-order valence-corrected chi connectivity index (χ4v) is 5.47. The van der Waals surface area contributed by atoms with Crippen molar-refractivity contribution in [3.05, 3.63) is 36.0 Å².